The fourth-order valence-electron chi connectivity index (χ4n) is 5.03. The Hall–Kier alpha value is -0.780. The second-order valence-electron chi connectivity index (χ2n) is 13.9. The van der Waals surface area contributed by atoms with Gasteiger partial charge in [0, 0.05) is 60.9 Å². The van der Waals surface area contributed by atoms with Gasteiger partial charge >= 0.3 is 0 Å². The number of carbonyl (C=O) groups is 4. The molecule has 42 heavy (non-hydrogen) atoms. The van der Waals surface area contributed by atoms with Crippen molar-refractivity contribution < 1.29 is 38.1 Å². The van der Waals surface area contributed by atoms with Crippen LogP contribution in [0, 0.1) is 10.8 Å². The van der Waals surface area contributed by atoms with Crippen LogP contribution in [0.3, 0.4) is 0 Å². The summed E-state index contributed by atoms with van der Waals surface area (Å²) in [4.78, 5) is 50.0. The zero-order chi connectivity index (χ0) is 31.6. The van der Waals surface area contributed by atoms with Crippen molar-refractivity contribution in [2.75, 3.05) is 24.7 Å². The summed E-state index contributed by atoms with van der Waals surface area (Å²) in [5.41, 5.74) is -0.759. The molecule has 0 N–H and O–H groups in total. The average molecular weight is 631 g/mol. The normalized spacial score (nSPS) is 24.2. The minimum atomic E-state index is -0.769. The minimum absolute atomic E-state index is 0.0425. The summed E-state index contributed by atoms with van der Waals surface area (Å²) in [7, 11) is 3.47. The Morgan fingerprint density at radius 3 is 1.24 bits per heavy atom. The third-order valence-corrected chi connectivity index (χ3v) is 10.2. The first-order valence-electron chi connectivity index (χ1n) is 15.4. The maximum atomic E-state index is 12.7. The highest BCUT2D eigenvalue weighted by atomic mass is 33.1. The van der Waals surface area contributed by atoms with Crippen LogP contribution in [-0.4, -0.2) is 71.6 Å². The summed E-state index contributed by atoms with van der Waals surface area (Å²) in [6.45, 7) is 16.1. The van der Waals surface area contributed by atoms with Gasteiger partial charge in [0.2, 0.25) is 0 Å². The van der Waals surface area contributed by atoms with E-state index < -0.39 is 23.8 Å². The summed E-state index contributed by atoms with van der Waals surface area (Å²) in [6, 6.07) is 0. The maximum Gasteiger partial charge on any atom is 0.163 e. The van der Waals surface area contributed by atoms with Gasteiger partial charge in [-0.05, 0) is 53.4 Å². The first-order valence-corrected chi connectivity index (χ1v) is 17.9. The van der Waals surface area contributed by atoms with Crippen LogP contribution in [-0.2, 0) is 38.1 Å². The quantitative estimate of drug-likeness (QED) is 0.111. The van der Waals surface area contributed by atoms with Crippen LogP contribution in [0.2, 0.25) is 0 Å². The highest BCUT2D eigenvalue weighted by Gasteiger charge is 2.46. The summed E-state index contributed by atoms with van der Waals surface area (Å²) >= 11 is 0. The lowest BCUT2D eigenvalue weighted by atomic mass is 9.82. The molecule has 0 aromatic carbocycles. The van der Waals surface area contributed by atoms with Crippen molar-refractivity contribution in [1.29, 1.82) is 0 Å². The van der Waals surface area contributed by atoms with Gasteiger partial charge in [-0.1, -0.05) is 49.3 Å². The Kier molecular flexibility index (Phi) is 14.7. The SMILES string of the molecule is CC1(C)OCC(C)(C)[C@H](C(=O)CCCC(=O)CCCSSCCCC(=O)CCCC(=O)[C@@H]2OC(C)(C)OCC2(C)C)O1. The van der Waals surface area contributed by atoms with Gasteiger partial charge in [0.1, 0.15) is 23.8 Å². The van der Waals surface area contributed by atoms with E-state index in [1.807, 2.05) is 55.4 Å². The molecule has 2 saturated heterocycles. The maximum absolute atomic E-state index is 12.7. The molecule has 2 aliphatic rings. The van der Waals surface area contributed by atoms with Gasteiger partial charge < -0.3 is 18.9 Å². The molecule has 0 aromatic heterocycles. The number of hydrogen-bond acceptors (Lipinski definition) is 10. The first-order chi connectivity index (χ1) is 19.4. The monoisotopic (exact) mass is 630 g/mol. The van der Waals surface area contributed by atoms with Crippen LogP contribution in [0.1, 0.15) is 120 Å². The van der Waals surface area contributed by atoms with E-state index in [2.05, 4.69) is 0 Å². The van der Waals surface area contributed by atoms with Gasteiger partial charge in [-0.15, -0.1) is 0 Å². The largest absolute Gasteiger partial charge is 0.350 e. The molecule has 0 saturated carbocycles. The minimum Gasteiger partial charge on any atom is -0.350 e. The molecule has 0 spiro atoms. The number of carbonyl (C=O) groups excluding carboxylic acids is 4. The van der Waals surface area contributed by atoms with Crippen molar-refractivity contribution in [2.24, 2.45) is 10.8 Å². The molecule has 0 bridgehead atoms. The summed E-state index contributed by atoms with van der Waals surface area (Å²) < 4.78 is 23.2. The van der Waals surface area contributed by atoms with Crippen LogP contribution in [0.5, 0.6) is 0 Å². The molecule has 2 rings (SSSR count). The van der Waals surface area contributed by atoms with E-state index in [9.17, 15) is 19.2 Å². The van der Waals surface area contributed by atoms with Crippen molar-refractivity contribution in [3.05, 3.63) is 0 Å². The van der Waals surface area contributed by atoms with Crippen molar-refractivity contribution in [3.63, 3.8) is 0 Å². The van der Waals surface area contributed by atoms with Crippen molar-refractivity contribution >= 4 is 44.7 Å². The van der Waals surface area contributed by atoms with Gasteiger partial charge in [0.15, 0.2) is 23.1 Å². The Morgan fingerprint density at radius 1 is 0.548 bits per heavy atom. The second kappa shape index (κ2) is 16.5. The van der Waals surface area contributed by atoms with Crippen molar-refractivity contribution in [3.8, 4) is 0 Å². The van der Waals surface area contributed by atoms with E-state index >= 15 is 0 Å². The number of rotatable bonds is 19. The van der Waals surface area contributed by atoms with Crippen molar-refractivity contribution in [1.82, 2.24) is 0 Å². The molecule has 0 aliphatic carbocycles. The molecule has 8 nitrogen and oxygen atoms in total. The predicted octanol–water partition coefficient (Wildman–Crippen LogP) is 6.90. The number of Topliss-reactive ketones (excluding diaryl/α,β-unsaturated/α-hetero) is 4. The fraction of sp³-hybridized carbons (Fsp3) is 0.875. The van der Waals surface area contributed by atoms with Crippen LogP contribution < -0.4 is 0 Å². The summed E-state index contributed by atoms with van der Waals surface area (Å²) in [6.07, 6.45) is 4.29. The average Bonchev–Trinajstić information content (AvgIpc) is 2.88. The molecule has 10 heteroatoms. The number of ether oxygens (including phenoxy) is 4. The van der Waals surface area contributed by atoms with E-state index in [4.69, 9.17) is 18.9 Å². The molecule has 2 aliphatic heterocycles. The lowest BCUT2D eigenvalue weighted by molar-refractivity contribution is -0.303. The molecule has 0 unspecified atom stereocenters. The third-order valence-electron chi connectivity index (χ3n) is 7.60. The van der Waals surface area contributed by atoms with E-state index in [0.717, 1.165) is 24.3 Å². The Labute approximate surface area is 261 Å². The molecule has 2 heterocycles. The van der Waals surface area contributed by atoms with Gasteiger partial charge in [-0.25, -0.2) is 0 Å². The molecule has 0 amide bonds. The predicted molar refractivity (Wildman–Crippen MR) is 168 cm³/mol. The zero-order valence-electron chi connectivity index (χ0n) is 27.1. The van der Waals surface area contributed by atoms with Gasteiger partial charge in [-0.3, -0.25) is 19.2 Å². The highest BCUT2D eigenvalue weighted by molar-refractivity contribution is 8.76. The molecule has 242 valence electrons. The van der Waals surface area contributed by atoms with E-state index in [1.54, 1.807) is 21.6 Å². The van der Waals surface area contributed by atoms with Crippen LogP contribution in [0.25, 0.3) is 0 Å². The molecule has 0 radical (unpaired) electrons. The molecule has 2 fully saturated rings. The molecule has 2 atom stereocenters. The molecule has 0 aromatic rings. The third kappa shape index (κ3) is 13.1. The molecular formula is C32H54O8S2. The van der Waals surface area contributed by atoms with E-state index in [1.165, 1.54) is 0 Å². The van der Waals surface area contributed by atoms with E-state index in [0.29, 0.717) is 64.6 Å². The lowest BCUT2D eigenvalue weighted by Crippen LogP contribution is -2.53. The van der Waals surface area contributed by atoms with Crippen LogP contribution >= 0.6 is 21.6 Å². The topological polar surface area (TPSA) is 105 Å². The van der Waals surface area contributed by atoms with Gasteiger partial charge in [0.05, 0.1) is 13.2 Å². The lowest BCUT2D eigenvalue weighted by Gasteiger charge is -2.45. The highest BCUT2D eigenvalue weighted by Crippen LogP contribution is 2.37. The van der Waals surface area contributed by atoms with Gasteiger partial charge in [0.25, 0.3) is 0 Å². The van der Waals surface area contributed by atoms with E-state index in [-0.39, 0.29) is 34.0 Å². The first kappa shape index (κ1) is 37.4. The number of hydrogen-bond donors (Lipinski definition) is 0. The van der Waals surface area contributed by atoms with Crippen molar-refractivity contribution in [2.45, 2.75) is 143 Å². The summed E-state index contributed by atoms with van der Waals surface area (Å²) in [5.74, 6) is 0.699. The van der Waals surface area contributed by atoms with Crippen LogP contribution in [0.4, 0.5) is 0 Å². The Bertz CT molecular complexity index is 853. The summed E-state index contributed by atoms with van der Waals surface area (Å²) in [5, 5.41) is 0. The second-order valence-corrected chi connectivity index (χ2v) is 16.6. The van der Waals surface area contributed by atoms with Crippen LogP contribution in [0.15, 0.2) is 0 Å². The van der Waals surface area contributed by atoms with Gasteiger partial charge in [-0.2, -0.15) is 0 Å². The Morgan fingerprint density at radius 2 is 0.881 bits per heavy atom. The molecular weight excluding hydrogens is 576 g/mol. The Balaban J connectivity index is 1.47. The zero-order valence-corrected chi connectivity index (χ0v) is 28.8. The smallest absolute Gasteiger partial charge is 0.163 e. The standard InChI is InChI=1S/C32H54O8S2/c1-29(2)21-37-31(5,6)39-27(29)25(35)17-9-13-23(33)15-11-19-41-42-20-12-16-24(34)14-10-18-26(36)28-30(3,4)22-38-32(7,8)40-28/h27-28H,9-22H2,1-8H3/t27-,28-/m0/s1. The fourth-order valence-corrected chi connectivity index (χ4v) is 7.21. The number of ketones is 4.